The molecule has 3 nitrogen and oxygen atoms in total. The zero-order chi connectivity index (χ0) is 13.1. The van der Waals surface area contributed by atoms with E-state index in [-0.39, 0.29) is 5.97 Å². The van der Waals surface area contributed by atoms with Crippen molar-refractivity contribution < 1.29 is 14.3 Å². The zero-order valence-corrected chi connectivity index (χ0v) is 12.6. The third kappa shape index (κ3) is 5.39. The molecule has 0 heterocycles. The van der Waals surface area contributed by atoms with Gasteiger partial charge in [0.1, 0.15) is 11.4 Å². The Morgan fingerprint density at radius 2 is 2.00 bits per heavy atom. The summed E-state index contributed by atoms with van der Waals surface area (Å²) >= 11 is 2.20. The average Bonchev–Trinajstić information content (AvgIpc) is 2.14. The van der Waals surface area contributed by atoms with E-state index >= 15 is 0 Å². The van der Waals surface area contributed by atoms with E-state index in [0.717, 1.165) is 3.57 Å². The van der Waals surface area contributed by atoms with Gasteiger partial charge >= 0.3 is 5.97 Å². The van der Waals surface area contributed by atoms with E-state index in [2.05, 4.69) is 22.6 Å². The third-order valence-corrected chi connectivity index (χ3v) is 2.52. The van der Waals surface area contributed by atoms with E-state index in [1.165, 1.54) is 0 Å². The van der Waals surface area contributed by atoms with Crippen molar-refractivity contribution in [1.82, 2.24) is 0 Å². The summed E-state index contributed by atoms with van der Waals surface area (Å²) in [6.07, 6.45) is -0.604. The maximum atomic E-state index is 11.7. The van der Waals surface area contributed by atoms with Crippen LogP contribution in [-0.2, 0) is 9.53 Å². The summed E-state index contributed by atoms with van der Waals surface area (Å²) in [5.41, 5.74) is -0.486. The maximum absolute atomic E-state index is 11.7. The van der Waals surface area contributed by atoms with Crippen molar-refractivity contribution in [1.29, 1.82) is 0 Å². The molecule has 17 heavy (non-hydrogen) atoms. The van der Waals surface area contributed by atoms with Crippen LogP contribution in [0, 0.1) is 3.57 Å². The Hall–Kier alpha value is -0.780. The minimum Gasteiger partial charge on any atom is -0.479 e. The Kier molecular flexibility index (Phi) is 4.80. The SMILES string of the molecule is CC(Oc1cccc(I)c1)C(=O)OC(C)(C)C. The molecule has 94 valence electrons. The van der Waals surface area contributed by atoms with Crippen LogP contribution in [0.25, 0.3) is 0 Å². The summed E-state index contributed by atoms with van der Waals surface area (Å²) in [6.45, 7) is 7.20. The van der Waals surface area contributed by atoms with Crippen molar-refractivity contribution >= 4 is 28.6 Å². The van der Waals surface area contributed by atoms with Crippen LogP contribution < -0.4 is 4.74 Å². The van der Waals surface area contributed by atoms with E-state index in [1.54, 1.807) is 6.92 Å². The summed E-state index contributed by atoms with van der Waals surface area (Å²) in [6, 6.07) is 7.55. The van der Waals surface area contributed by atoms with Crippen LogP contribution in [0.4, 0.5) is 0 Å². The molecule has 0 saturated carbocycles. The van der Waals surface area contributed by atoms with Crippen LogP contribution in [-0.4, -0.2) is 17.7 Å². The van der Waals surface area contributed by atoms with Gasteiger partial charge in [-0.05, 0) is 68.5 Å². The lowest BCUT2D eigenvalue weighted by Gasteiger charge is -2.22. The highest BCUT2D eigenvalue weighted by molar-refractivity contribution is 14.1. The Morgan fingerprint density at radius 3 is 2.53 bits per heavy atom. The highest BCUT2D eigenvalue weighted by atomic mass is 127. The predicted octanol–water partition coefficient (Wildman–Crippen LogP) is 3.40. The van der Waals surface area contributed by atoms with Crippen molar-refractivity contribution in [2.75, 3.05) is 0 Å². The largest absolute Gasteiger partial charge is 0.479 e. The second-order valence-corrected chi connectivity index (χ2v) is 6.00. The number of esters is 1. The van der Waals surface area contributed by atoms with Crippen molar-refractivity contribution in [3.05, 3.63) is 27.8 Å². The molecule has 1 aromatic carbocycles. The molecule has 1 unspecified atom stereocenters. The van der Waals surface area contributed by atoms with Crippen molar-refractivity contribution in [3.8, 4) is 5.75 Å². The average molecular weight is 348 g/mol. The molecular weight excluding hydrogens is 331 g/mol. The molecule has 0 amide bonds. The molecule has 0 aliphatic rings. The van der Waals surface area contributed by atoms with Crippen LogP contribution in [0.2, 0.25) is 0 Å². The van der Waals surface area contributed by atoms with Crippen LogP contribution >= 0.6 is 22.6 Å². The molecule has 0 radical (unpaired) electrons. The molecule has 1 atom stereocenters. The van der Waals surface area contributed by atoms with Crippen molar-refractivity contribution in [2.24, 2.45) is 0 Å². The van der Waals surface area contributed by atoms with E-state index < -0.39 is 11.7 Å². The second kappa shape index (κ2) is 5.71. The molecule has 0 saturated heterocycles. The minimum atomic E-state index is -0.604. The molecule has 4 heteroatoms. The standard InChI is InChI=1S/C13H17IO3/c1-9(12(15)17-13(2,3)4)16-11-7-5-6-10(14)8-11/h5-9H,1-4H3. The number of benzene rings is 1. The highest BCUT2D eigenvalue weighted by Crippen LogP contribution is 2.17. The molecule has 1 rings (SSSR count). The van der Waals surface area contributed by atoms with Crippen LogP contribution in [0.1, 0.15) is 27.7 Å². The summed E-state index contributed by atoms with van der Waals surface area (Å²) in [5.74, 6) is 0.326. The zero-order valence-electron chi connectivity index (χ0n) is 10.5. The van der Waals surface area contributed by atoms with E-state index in [4.69, 9.17) is 9.47 Å². The first-order chi connectivity index (χ1) is 7.78. The number of hydrogen-bond acceptors (Lipinski definition) is 3. The van der Waals surface area contributed by atoms with Crippen molar-refractivity contribution in [2.45, 2.75) is 39.4 Å². The number of rotatable bonds is 3. The van der Waals surface area contributed by atoms with Gasteiger partial charge in [0.05, 0.1) is 0 Å². The molecule has 1 aromatic rings. The summed E-state index contributed by atoms with van der Waals surface area (Å²) < 4.78 is 11.8. The van der Waals surface area contributed by atoms with Gasteiger partial charge in [-0.3, -0.25) is 0 Å². The smallest absolute Gasteiger partial charge is 0.347 e. The topological polar surface area (TPSA) is 35.5 Å². The van der Waals surface area contributed by atoms with Crippen LogP contribution in [0.15, 0.2) is 24.3 Å². The first-order valence-corrected chi connectivity index (χ1v) is 6.51. The lowest BCUT2D eigenvalue weighted by Crippen LogP contribution is -2.33. The Balaban J connectivity index is 2.60. The number of ether oxygens (including phenoxy) is 2. The van der Waals surface area contributed by atoms with E-state index in [0.29, 0.717) is 5.75 Å². The second-order valence-electron chi connectivity index (χ2n) is 4.75. The summed E-state index contributed by atoms with van der Waals surface area (Å²) in [5, 5.41) is 0. The fraction of sp³-hybridized carbons (Fsp3) is 0.462. The lowest BCUT2D eigenvalue weighted by molar-refractivity contribution is -0.162. The number of hydrogen-bond donors (Lipinski definition) is 0. The fourth-order valence-electron chi connectivity index (χ4n) is 1.18. The minimum absolute atomic E-state index is 0.351. The molecular formula is C13H17IO3. The van der Waals surface area contributed by atoms with Gasteiger partial charge in [-0.1, -0.05) is 6.07 Å². The third-order valence-electron chi connectivity index (χ3n) is 1.85. The Labute approximate surface area is 116 Å². The highest BCUT2D eigenvalue weighted by Gasteiger charge is 2.22. The van der Waals surface area contributed by atoms with Gasteiger partial charge in [0.15, 0.2) is 6.10 Å². The van der Waals surface area contributed by atoms with Crippen LogP contribution in [0.3, 0.4) is 0 Å². The fourth-order valence-corrected chi connectivity index (χ4v) is 1.69. The summed E-state index contributed by atoms with van der Waals surface area (Å²) in [7, 11) is 0. The molecule has 0 bridgehead atoms. The Morgan fingerprint density at radius 1 is 1.35 bits per heavy atom. The maximum Gasteiger partial charge on any atom is 0.347 e. The van der Waals surface area contributed by atoms with Gasteiger partial charge in [-0.2, -0.15) is 0 Å². The molecule has 0 aliphatic heterocycles. The van der Waals surface area contributed by atoms with Gasteiger partial charge in [0.25, 0.3) is 0 Å². The van der Waals surface area contributed by atoms with Gasteiger partial charge in [-0.15, -0.1) is 0 Å². The van der Waals surface area contributed by atoms with Crippen LogP contribution in [0.5, 0.6) is 5.75 Å². The first-order valence-electron chi connectivity index (χ1n) is 5.43. The number of halogens is 1. The molecule has 0 fully saturated rings. The molecule has 0 N–H and O–H groups in total. The molecule has 0 aliphatic carbocycles. The monoisotopic (exact) mass is 348 g/mol. The predicted molar refractivity (Wildman–Crippen MR) is 75.1 cm³/mol. The van der Waals surface area contributed by atoms with Crippen molar-refractivity contribution in [3.63, 3.8) is 0 Å². The first kappa shape index (κ1) is 14.3. The summed E-state index contributed by atoms with van der Waals surface area (Å²) in [4.78, 5) is 11.7. The normalized spacial score (nSPS) is 13.0. The van der Waals surface area contributed by atoms with Gasteiger partial charge in [0, 0.05) is 3.57 Å². The molecule has 0 spiro atoms. The molecule has 0 aromatic heterocycles. The van der Waals surface area contributed by atoms with Gasteiger partial charge < -0.3 is 9.47 Å². The van der Waals surface area contributed by atoms with Gasteiger partial charge in [0.2, 0.25) is 0 Å². The van der Waals surface area contributed by atoms with Gasteiger partial charge in [-0.25, -0.2) is 4.79 Å². The van der Waals surface area contributed by atoms with E-state index in [1.807, 2.05) is 45.0 Å². The van der Waals surface area contributed by atoms with E-state index in [9.17, 15) is 4.79 Å². The lowest BCUT2D eigenvalue weighted by atomic mass is 10.2. The number of carbonyl (C=O) groups excluding carboxylic acids is 1. The Bertz CT molecular complexity index is 396. The number of carbonyl (C=O) groups is 1. The quantitative estimate of drug-likeness (QED) is 0.620.